The summed E-state index contributed by atoms with van der Waals surface area (Å²) in [6.45, 7) is 2.64. The molecule has 0 aliphatic rings. The van der Waals surface area contributed by atoms with Crippen molar-refractivity contribution in [1.29, 1.82) is 0 Å². The Morgan fingerprint density at radius 3 is 2.68 bits per heavy atom. The summed E-state index contributed by atoms with van der Waals surface area (Å²) < 4.78 is 27.2. The van der Waals surface area contributed by atoms with E-state index in [1.165, 1.54) is 6.07 Å². The Morgan fingerprint density at radius 1 is 1.26 bits per heavy atom. The fourth-order valence-corrected chi connectivity index (χ4v) is 2.36. The van der Waals surface area contributed by atoms with E-state index in [2.05, 4.69) is 26.2 Å². The third kappa shape index (κ3) is 3.16. The van der Waals surface area contributed by atoms with Crippen molar-refractivity contribution in [3.63, 3.8) is 0 Å². The maximum absolute atomic E-state index is 13.4. The van der Waals surface area contributed by atoms with Gasteiger partial charge in [-0.25, -0.2) is 8.78 Å². The van der Waals surface area contributed by atoms with Crippen LogP contribution in [0.2, 0.25) is 0 Å². The molecule has 2 nitrogen and oxygen atoms in total. The van der Waals surface area contributed by atoms with Gasteiger partial charge in [0.1, 0.15) is 0 Å². The minimum atomic E-state index is -0.854. The second-order valence-electron chi connectivity index (χ2n) is 4.03. The van der Waals surface area contributed by atoms with Gasteiger partial charge in [-0.2, -0.15) is 0 Å². The Labute approximate surface area is 119 Å². The largest absolute Gasteiger partial charge is 0.305 e. The van der Waals surface area contributed by atoms with E-state index in [9.17, 15) is 8.78 Å². The first-order chi connectivity index (χ1) is 9.13. The highest BCUT2D eigenvalue weighted by molar-refractivity contribution is 9.10. The lowest BCUT2D eigenvalue weighted by Gasteiger charge is -2.19. The zero-order valence-electron chi connectivity index (χ0n) is 10.3. The Morgan fingerprint density at radius 2 is 2.05 bits per heavy atom. The minimum Gasteiger partial charge on any atom is -0.305 e. The van der Waals surface area contributed by atoms with Gasteiger partial charge in [0.15, 0.2) is 11.6 Å². The van der Waals surface area contributed by atoms with Crippen molar-refractivity contribution in [2.24, 2.45) is 0 Å². The van der Waals surface area contributed by atoms with Gasteiger partial charge in [0.2, 0.25) is 0 Å². The van der Waals surface area contributed by atoms with Crippen molar-refractivity contribution in [1.82, 2.24) is 10.3 Å². The monoisotopic (exact) mass is 326 g/mol. The predicted octanol–water partition coefficient (Wildman–Crippen LogP) is 3.82. The molecule has 19 heavy (non-hydrogen) atoms. The van der Waals surface area contributed by atoms with Gasteiger partial charge in [0, 0.05) is 10.7 Å². The molecular weight excluding hydrogens is 314 g/mol. The van der Waals surface area contributed by atoms with Crippen LogP contribution in [0.15, 0.2) is 41.0 Å². The van der Waals surface area contributed by atoms with Gasteiger partial charge < -0.3 is 5.32 Å². The fraction of sp³-hybridized carbons (Fsp3) is 0.214. The summed E-state index contributed by atoms with van der Waals surface area (Å²) >= 11 is 3.43. The highest BCUT2D eigenvalue weighted by atomic mass is 79.9. The first kappa shape index (κ1) is 14.1. The molecule has 2 aromatic rings. The minimum absolute atomic E-state index is 0.282. The van der Waals surface area contributed by atoms with Crippen LogP contribution < -0.4 is 5.32 Å². The molecule has 1 N–H and O–H groups in total. The van der Waals surface area contributed by atoms with Crippen molar-refractivity contribution >= 4 is 15.9 Å². The summed E-state index contributed by atoms with van der Waals surface area (Å²) in [6, 6.07) is 7.28. The topological polar surface area (TPSA) is 24.9 Å². The van der Waals surface area contributed by atoms with E-state index >= 15 is 0 Å². The molecule has 5 heteroatoms. The molecule has 2 rings (SSSR count). The average molecular weight is 327 g/mol. The molecule has 1 heterocycles. The fourth-order valence-electron chi connectivity index (χ4n) is 1.88. The maximum atomic E-state index is 13.4. The first-order valence-electron chi connectivity index (χ1n) is 5.92. The van der Waals surface area contributed by atoms with Crippen LogP contribution in [-0.2, 0) is 0 Å². The van der Waals surface area contributed by atoms with Crippen molar-refractivity contribution in [2.45, 2.75) is 13.0 Å². The van der Waals surface area contributed by atoms with Crippen molar-refractivity contribution in [2.75, 3.05) is 6.54 Å². The number of rotatable bonds is 4. The predicted molar refractivity (Wildman–Crippen MR) is 73.8 cm³/mol. The van der Waals surface area contributed by atoms with Crippen LogP contribution in [0, 0.1) is 11.6 Å². The number of pyridine rings is 1. The number of halogens is 3. The van der Waals surface area contributed by atoms with Crippen LogP contribution in [0.1, 0.15) is 24.2 Å². The first-order valence-corrected chi connectivity index (χ1v) is 6.71. The summed E-state index contributed by atoms with van der Waals surface area (Å²) in [5, 5.41) is 3.22. The zero-order chi connectivity index (χ0) is 13.8. The van der Waals surface area contributed by atoms with Crippen LogP contribution in [0.25, 0.3) is 0 Å². The van der Waals surface area contributed by atoms with E-state index < -0.39 is 11.6 Å². The molecule has 1 aromatic carbocycles. The molecule has 0 fully saturated rings. The van der Waals surface area contributed by atoms with Gasteiger partial charge >= 0.3 is 0 Å². The molecule has 0 aliphatic carbocycles. The molecule has 0 spiro atoms. The van der Waals surface area contributed by atoms with Crippen LogP contribution in [0.5, 0.6) is 0 Å². The molecule has 0 saturated carbocycles. The van der Waals surface area contributed by atoms with Crippen molar-refractivity contribution < 1.29 is 8.78 Å². The molecule has 100 valence electrons. The summed E-state index contributed by atoms with van der Waals surface area (Å²) in [4.78, 5) is 4.30. The molecule has 1 atom stereocenters. The highest BCUT2D eigenvalue weighted by Crippen LogP contribution is 2.27. The summed E-state index contributed by atoms with van der Waals surface area (Å²) in [7, 11) is 0. The van der Waals surface area contributed by atoms with E-state index in [-0.39, 0.29) is 6.04 Å². The van der Waals surface area contributed by atoms with Gasteiger partial charge in [-0.3, -0.25) is 4.98 Å². The smallest absolute Gasteiger partial charge is 0.159 e. The molecule has 1 unspecified atom stereocenters. The number of benzene rings is 1. The second kappa shape index (κ2) is 6.21. The number of nitrogens with one attached hydrogen (secondary N) is 1. The third-order valence-electron chi connectivity index (χ3n) is 2.75. The van der Waals surface area contributed by atoms with E-state index in [1.807, 2.05) is 19.1 Å². The van der Waals surface area contributed by atoms with Crippen LogP contribution in [0.3, 0.4) is 0 Å². The molecule has 0 radical (unpaired) electrons. The van der Waals surface area contributed by atoms with Crippen LogP contribution in [-0.4, -0.2) is 11.5 Å². The van der Waals surface area contributed by atoms with Gasteiger partial charge in [0.25, 0.3) is 0 Å². The van der Waals surface area contributed by atoms with E-state index in [0.29, 0.717) is 12.1 Å². The molecule has 1 aromatic heterocycles. The van der Waals surface area contributed by atoms with Gasteiger partial charge in [0.05, 0.1) is 11.7 Å². The Kier molecular flexibility index (Phi) is 4.61. The maximum Gasteiger partial charge on any atom is 0.159 e. The number of nitrogens with zero attached hydrogens (tertiary/aromatic N) is 1. The molecule has 0 amide bonds. The molecule has 0 aliphatic heterocycles. The SMILES string of the molecule is CCNC(c1ccc(F)c(F)c1)c1ncccc1Br. The normalized spacial score (nSPS) is 12.4. The molecule has 0 saturated heterocycles. The Hall–Kier alpha value is -1.33. The van der Waals surface area contributed by atoms with Crippen molar-refractivity contribution in [3.8, 4) is 0 Å². The molecule has 0 bridgehead atoms. The Bertz CT molecular complexity index is 575. The van der Waals surface area contributed by atoms with E-state index in [4.69, 9.17) is 0 Å². The number of aromatic nitrogens is 1. The average Bonchev–Trinajstić information content (AvgIpc) is 2.40. The summed E-state index contributed by atoms with van der Waals surface area (Å²) in [5.41, 5.74) is 1.38. The highest BCUT2D eigenvalue weighted by Gasteiger charge is 2.18. The lowest BCUT2D eigenvalue weighted by atomic mass is 10.0. The van der Waals surface area contributed by atoms with Gasteiger partial charge in [-0.1, -0.05) is 13.0 Å². The summed E-state index contributed by atoms with van der Waals surface area (Å²) in [6.07, 6.45) is 1.67. The summed E-state index contributed by atoms with van der Waals surface area (Å²) in [5.74, 6) is -1.70. The van der Waals surface area contributed by atoms with E-state index in [0.717, 1.165) is 16.2 Å². The second-order valence-corrected chi connectivity index (χ2v) is 4.89. The number of hydrogen-bond donors (Lipinski definition) is 1. The van der Waals surface area contributed by atoms with Gasteiger partial charge in [-0.15, -0.1) is 0 Å². The lowest BCUT2D eigenvalue weighted by molar-refractivity contribution is 0.503. The molecular formula is C14H13BrF2N2. The Balaban J connectivity index is 2.45. The van der Waals surface area contributed by atoms with E-state index in [1.54, 1.807) is 12.3 Å². The van der Waals surface area contributed by atoms with Crippen LogP contribution >= 0.6 is 15.9 Å². The van der Waals surface area contributed by atoms with Gasteiger partial charge in [-0.05, 0) is 52.3 Å². The van der Waals surface area contributed by atoms with Crippen LogP contribution in [0.4, 0.5) is 8.78 Å². The third-order valence-corrected chi connectivity index (χ3v) is 3.42. The number of hydrogen-bond acceptors (Lipinski definition) is 2. The van der Waals surface area contributed by atoms with Crippen molar-refractivity contribution in [3.05, 3.63) is 63.9 Å². The standard InChI is InChI=1S/C14H13BrF2N2/c1-2-18-13(14-10(15)4-3-7-19-14)9-5-6-11(16)12(17)8-9/h3-8,13,18H,2H2,1H3. The lowest BCUT2D eigenvalue weighted by Crippen LogP contribution is -2.23. The zero-order valence-corrected chi connectivity index (χ0v) is 11.9. The quantitative estimate of drug-likeness (QED) is 0.923.